The lowest BCUT2D eigenvalue weighted by Crippen LogP contribution is -2.22. The van der Waals surface area contributed by atoms with Crippen LogP contribution in [0.1, 0.15) is 18.9 Å². The van der Waals surface area contributed by atoms with Gasteiger partial charge in [0.15, 0.2) is 0 Å². The van der Waals surface area contributed by atoms with Gasteiger partial charge in [0.05, 0.1) is 10.6 Å². The van der Waals surface area contributed by atoms with E-state index in [2.05, 4.69) is 59.3 Å². The molecular formula is C16H14BrNS. The average molecular weight is 332 g/mol. The maximum absolute atomic E-state index is 4.86. The van der Waals surface area contributed by atoms with Gasteiger partial charge in [0.2, 0.25) is 0 Å². The zero-order chi connectivity index (χ0) is 13.3. The summed E-state index contributed by atoms with van der Waals surface area (Å²) in [6.07, 6.45) is 9.48. The second-order valence-electron chi connectivity index (χ2n) is 4.89. The van der Waals surface area contributed by atoms with Crippen LogP contribution in [0.2, 0.25) is 0 Å². The number of rotatable bonds is 2. The molecule has 0 saturated carbocycles. The summed E-state index contributed by atoms with van der Waals surface area (Å²) < 4.78 is 1.22. The molecule has 0 fully saturated rings. The van der Waals surface area contributed by atoms with Crippen molar-refractivity contribution in [2.24, 2.45) is 4.99 Å². The molecule has 0 amide bonds. The summed E-state index contributed by atoms with van der Waals surface area (Å²) in [6, 6.07) is 10.3. The van der Waals surface area contributed by atoms with E-state index < -0.39 is 0 Å². The van der Waals surface area contributed by atoms with Gasteiger partial charge in [0.1, 0.15) is 0 Å². The summed E-state index contributed by atoms with van der Waals surface area (Å²) in [4.78, 5) is 6.20. The Morgan fingerprint density at radius 2 is 2.00 bits per heavy atom. The van der Waals surface area contributed by atoms with Gasteiger partial charge in [-0.15, -0.1) is 0 Å². The van der Waals surface area contributed by atoms with Gasteiger partial charge >= 0.3 is 0 Å². The Bertz CT molecular complexity index is 613. The second-order valence-corrected chi connectivity index (χ2v) is 6.97. The minimum Gasteiger partial charge on any atom is -0.266 e. The van der Waals surface area contributed by atoms with E-state index in [4.69, 9.17) is 4.99 Å². The van der Waals surface area contributed by atoms with Gasteiger partial charge in [-0.2, -0.15) is 0 Å². The Hall–Kier alpha value is -1.06. The minimum absolute atomic E-state index is 0.0748. The number of fused-ring (bicyclic) bond motifs is 1. The Labute approximate surface area is 126 Å². The third-order valence-corrected chi connectivity index (χ3v) is 5.03. The Morgan fingerprint density at radius 1 is 1.21 bits per heavy atom. The van der Waals surface area contributed by atoms with E-state index in [0.29, 0.717) is 0 Å². The van der Waals surface area contributed by atoms with Gasteiger partial charge in [-0.3, -0.25) is 4.99 Å². The lowest BCUT2D eigenvalue weighted by Gasteiger charge is -2.24. The zero-order valence-corrected chi connectivity index (χ0v) is 13.0. The molecule has 96 valence electrons. The highest BCUT2D eigenvalue weighted by Gasteiger charge is 2.37. The molecule has 3 rings (SSSR count). The zero-order valence-electron chi connectivity index (χ0n) is 10.6. The standard InChI is InChI=1S/C16H14BrNS/c1-16-11-13(17)8-9-14(16)19-15(18-16)10-7-12-5-3-2-4-6-12/h2-10H,11H2,1H3/b10-7+. The minimum atomic E-state index is -0.0748. The van der Waals surface area contributed by atoms with Crippen LogP contribution in [0.25, 0.3) is 6.08 Å². The predicted molar refractivity (Wildman–Crippen MR) is 88.6 cm³/mol. The molecule has 1 aliphatic heterocycles. The topological polar surface area (TPSA) is 12.4 Å². The van der Waals surface area contributed by atoms with E-state index >= 15 is 0 Å². The first-order chi connectivity index (χ1) is 9.16. The second kappa shape index (κ2) is 5.14. The molecule has 0 aromatic heterocycles. The third-order valence-electron chi connectivity index (χ3n) is 3.25. The van der Waals surface area contributed by atoms with Crippen LogP contribution in [0, 0.1) is 0 Å². The molecular weight excluding hydrogens is 318 g/mol. The number of benzene rings is 1. The fourth-order valence-electron chi connectivity index (χ4n) is 2.24. The Morgan fingerprint density at radius 3 is 2.79 bits per heavy atom. The van der Waals surface area contributed by atoms with Gasteiger partial charge in [0, 0.05) is 11.3 Å². The molecule has 1 nitrogen and oxygen atoms in total. The molecule has 1 aromatic carbocycles. The van der Waals surface area contributed by atoms with Gasteiger partial charge in [-0.05, 0) is 29.1 Å². The van der Waals surface area contributed by atoms with Gasteiger partial charge in [-0.1, -0.05) is 70.2 Å². The highest BCUT2D eigenvalue weighted by molar-refractivity contribution is 9.11. The van der Waals surface area contributed by atoms with Crippen LogP contribution < -0.4 is 0 Å². The van der Waals surface area contributed by atoms with Gasteiger partial charge < -0.3 is 0 Å². The van der Waals surface area contributed by atoms with Crippen molar-refractivity contribution in [1.82, 2.24) is 0 Å². The van der Waals surface area contributed by atoms with E-state index in [1.54, 1.807) is 11.8 Å². The lowest BCUT2D eigenvalue weighted by molar-refractivity contribution is 0.587. The average Bonchev–Trinajstić information content (AvgIpc) is 2.73. The summed E-state index contributed by atoms with van der Waals surface area (Å²) >= 11 is 5.35. The highest BCUT2D eigenvalue weighted by atomic mass is 79.9. The largest absolute Gasteiger partial charge is 0.266 e. The van der Waals surface area contributed by atoms with Crippen LogP contribution in [0.3, 0.4) is 0 Å². The summed E-state index contributed by atoms with van der Waals surface area (Å²) in [5.41, 5.74) is 1.13. The van der Waals surface area contributed by atoms with Crippen molar-refractivity contribution in [2.75, 3.05) is 0 Å². The number of aliphatic imine (C=N–C) groups is 1. The first-order valence-corrected chi connectivity index (χ1v) is 7.84. The van der Waals surface area contributed by atoms with Crippen LogP contribution in [0.5, 0.6) is 0 Å². The summed E-state index contributed by atoms with van der Waals surface area (Å²) in [6.45, 7) is 2.20. The molecule has 1 heterocycles. The molecule has 0 radical (unpaired) electrons. The molecule has 0 N–H and O–H groups in total. The third kappa shape index (κ3) is 2.77. The monoisotopic (exact) mass is 331 g/mol. The summed E-state index contributed by atoms with van der Waals surface area (Å²) in [5.74, 6) is 0. The van der Waals surface area contributed by atoms with Crippen molar-refractivity contribution in [1.29, 1.82) is 0 Å². The number of halogens is 1. The first-order valence-electron chi connectivity index (χ1n) is 6.23. The van der Waals surface area contributed by atoms with Crippen LogP contribution in [0.4, 0.5) is 0 Å². The van der Waals surface area contributed by atoms with Crippen LogP contribution >= 0.6 is 27.7 Å². The number of allylic oxidation sites excluding steroid dienone is 2. The van der Waals surface area contributed by atoms with Crippen molar-refractivity contribution in [3.05, 3.63) is 63.5 Å². The molecule has 3 heteroatoms. The Balaban J connectivity index is 1.81. The highest BCUT2D eigenvalue weighted by Crippen LogP contribution is 2.46. The van der Waals surface area contributed by atoms with Crippen LogP contribution in [0.15, 0.2) is 62.9 Å². The first kappa shape index (κ1) is 12.9. The maximum Gasteiger partial charge on any atom is 0.0961 e. The van der Waals surface area contributed by atoms with E-state index in [0.717, 1.165) is 11.5 Å². The number of nitrogens with zero attached hydrogens (tertiary/aromatic N) is 1. The molecule has 0 bridgehead atoms. The predicted octanol–water partition coefficient (Wildman–Crippen LogP) is 5.17. The fraction of sp³-hybridized carbons (Fsp3) is 0.188. The van der Waals surface area contributed by atoms with Crippen molar-refractivity contribution in [2.45, 2.75) is 18.9 Å². The van der Waals surface area contributed by atoms with Crippen molar-refractivity contribution >= 4 is 38.8 Å². The molecule has 1 unspecified atom stereocenters. The van der Waals surface area contributed by atoms with Crippen molar-refractivity contribution in [3.63, 3.8) is 0 Å². The molecule has 0 saturated heterocycles. The van der Waals surface area contributed by atoms with Gasteiger partial charge in [0.25, 0.3) is 0 Å². The lowest BCUT2D eigenvalue weighted by atomic mass is 9.94. The fourth-order valence-corrected chi connectivity index (χ4v) is 4.00. The van der Waals surface area contributed by atoms with E-state index in [9.17, 15) is 0 Å². The Kier molecular flexibility index (Phi) is 3.50. The van der Waals surface area contributed by atoms with Crippen molar-refractivity contribution in [3.8, 4) is 0 Å². The molecule has 1 atom stereocenters. The van der Waals surface area contributed by atoms with Crippen LogP contribution in [-0.2, 0) is 0 Å². The maximum atomic E-state index is 4.86. The number of hydrogen-bond acceptors (Lipinski definition) is 2. The summed E-state index contributed by atoms with van der Waals surface area (Å²) in [7, 11) is 0. The molecule has 2 aliphatic rings. The molecule has 19 heavy (non-hydrogen) atoms. The smallest absolute Gasteiger partial charge is 0.0961 e. The van der Waals surface area contributed by atoms with E-state index in [-0.39, 0.29) is 5.54 Å². The summed E-state index contributed by atoms with van der Waals surface area (Å²) in [5, 5.41) is 1.09. The normalized spacial score (nSPS) is 25.9. The quantitative estimate of drug-likeness (QED) is 0.728. The molecule has 1 aromatic rings. The van der Waals surface area contributed by atoms with Crippen molar-refractivity contribution < 1.29 is 0 Å². The van der Waals surface area contributed by atoms with Gasteiger partial charge in [-0.25, -0.2) is 0 Å². The number of hydrogen-bond donors (Lipinski definition) is 0. The SMILES string of the molecule is CC12CC(Br)=CC=C1SC(/C=C/c1ccccc1)=N2. The van der Waals surface area contributed by atoms with Crippen LogP contribution in [-0.4, -0.2) is 10.6 Å². The number of thioether (sulfide) groups is 1. The molecule has 1 aliphatic carbocycles. The van der Waals surface area contributed by atoms with E-state index in [1.807, 2.05) is 18.2 Å². The molecule has 0 spiro atoms. The van der Waals surface area contributed by atoms with E-state index in [1.165, 1.54) is 15.0 Å².